The zero-order chi connectivity index (χ0) is 30.6. The molecule has 1 aliphatic heterocycles. The van der Waals surface area contributed by atoms with Crippen LogP contribution in [0.5, 0.6) is 0 Å². The van der Waals surface area contributed by atoms with Crippen LogP contribution in [0.15, 0.2) is 24.3 Å². The predicted octanol–water partition coefficient (Wildman–Crippen LogP) is 6.06. The fourth-order valence-corrected chi connectivity index (χ4v) is 11.9. The lowest BCUT2D eigenvalue weighted by atomic mass is 9.43. The van der Waals surface area contributed by atoms with Crippen molar-refractivity contribution >= 4 is 17.7 Å². The third-order valence-electron chi connectivity index (χ3n) is 14.0. The van der Waals surface area contributed by atoms with Crippen molar-refractivity contribution in [2.45, 2.75) is 105 Å². The Hall–Kier alpha value is -1.99. The van der Waals surface area contributed by atoms with Gasteiger partial charge in [0.2, 0.25) is 5.79 Å². The molecule has 1 heterocycles. The standard InChI is InChI=1S/C35H50O7/c1-19-17-40-35(39-9,22(19)4)30(42-24(6)37)21(3)29-27(41-23(5)36)16-32(8)28-11-10-25-20(2)26(38)12-13-33(25)18-34(28,33)15-14-31(29,32)7/h12-13,19-21,25,27-30H,4,10-11,14-18H2,1-3,5-9H3/t19?,20-,21-,25-,27-,28-,29-,30+,31+,32-,33+,34-,35?/m0/s1. The fraction of sp³-hybridized carbons (Fsp3) is 0.800. The summed E-state index contributed by atoms with van der Waals surface area (Å²) in [6, 6.07) is 0. The first-order valence-electron chi connectivity index (χ1n) is 16.1. The van der Waals surface area contributed by atoms with Gasteiger partial charge in [0.25, 0.3) is 0 Å². The molecular formula is C35H50O7. The highest BCUT2D eigenvalue weighted by molar-refractivity contribution is 5.93. The average Bonchev–Trinajstić information content (AvgIpc) is 3.42. The number of carbonyl (C=O) groups is 3. The van der Waals surface area contributed by atoms with Crippen molar-refractivity contribution in [2.75, 3.05) is 13.7 Å². The SMILES string of the molecule is C=C1C(C)COC1(OC)[C@H](OC(C)=O)[C@@H](C)[C@H]1[C@@H](OC(C)=O)C[C@@]2(C)[C@@H]3CC[C@H]4[C@H](C)C(=O)C=C[C@@]45C[C@@]35CC[C@]12C. The highest BCUT2D eigenvalue weighted by Crippen LogP contribution is 2.87. The molecule has 7 heteroatoms. The molecule has 4 saturated carbocycles. The van der Waals surface area contributed by atoms with Crippen molar-refractivity contribution in [1.82, 2.24) is 0 Å². The number of fused-ring (bicyclic) bond motifs is 2. The third kappa shape index (κ3) is 3.61. The molecule has 6 rings (SSSR count). The number of esters is 2. The third-order valence-corrected chi connectivity index (χ3v) is 14.0. The summed E-state index contributed by atoms with van der Waals surface area (Å²) in [4.78, 5) is 37.9. The van der Waals surface area contributed by atoms with Crippen LogP contribution in [0, 0.1) is 57.2 Å². The molecule has 0 radical (unpaired) electrons. The molecule has 0 aromatic carbocycles. The Labute approximate surface area is 251 Å². The van der Waals surface area contributed by atoms with Gasteiger partial charge in [0.15, 0.2) is 11.9 Å². The molecule has 0 amide bonds. The molecule has 7 nitrogen and oxygen atoms in total. The molecule has 232 valence electrons. The topological polar surface area (TPSA) is 88.1 Å². The van der Waals surface area contributed by atoms with E-state index in [-0.39, 0.29) is 63.2 Å². The van der Waals surface area contributed by atoms with Crippen LogP contribution in [0.2, 0.25) is 0 Å². The first-order valence-corrected chi connectivity index (χ1v) is 16.1. The second kappa shape index (κ2) is 9.50. The van der Waals surface area contributed by atoms with Gasteiger partial charge < -0.3 is 18.9 Å². The number of allylic oxidation sites excluding steroid dienone is 2. The zero-order valence-electron chi connectivity index (χ0n) is 26.8. The molecule has 0 bridgehead atoms. The van der Waals surface area contributed by atoms with E-state index in [0.717, 1.165) is 44.1 Å². The number of carbonyl (C=O) groups excluding carboxylic acids is 3. The summed E-state index contributed by atoms with van der Waals surface area (Å²) in [6.07, 6.45) is 9.25. The monoisotopic (exact) mass is 582 g/mol. The van der Waals surface area contributed by atoms with Crippen LogP contribution in [-0.2, 0) is 33.3 Å². The summed E-state index contributed by atoms with van der Waals surface area (Å²) >= 11 is 0. The molecule has 0 aromatic rings. The van der Waals surface area contributed by atoms with Gasteiger partial charge in [-0.3, -0.25) is 14.4 Å². The van der Waals surface area contributed by atoms with Crippen LogP contribution < -0.4 is 0 Å². The Morgan fingerprint density at radius 1 is 1.10 bits per heavy atom. The minimum absolute atomic E-state index is 0.0532. The van der Waals surface area contributed by atoms with Gasteiger partial charge in [-0.25, -0.2) is 0 Å². The number of hydrogen-bond acceptors (Lipinski definition) is 7. The zero-order valence-corrected chi connectivity index (χ0v) is 26.8. The summed E-state index contributed by atoms with van der Waals surface area (Å²) in [5.74, 6) is -0.976. The van der Waals surface area contributed by atoms with Crippen LogP contribution in [0.3, 0.4) is 0 Å². The van der Waals surface area contributed by atoms with Crippen LogP contribution in [0.1, 0.15) is 87.0 Å². The van der Waals surface area contributed by atoms with Crippen LogP contribution in [0.25, 0.3) is 0 Å². The summed E-state index contributed by atoms with van der Waals surface area (Å²) in [5, 5.41) is 0. The Bertz CT molecular complexity index is 1240. The lowest BCUT2D eigenvalue weighted by Crippen LogP contribution is -2.58. The van der Waals surface area contributed by atoms with Gasteiger partial charge in [-0.15, -0.1) is 0 Å². The van der Waals surface area contributed by atoms with E-state index in [1.807, 2.05) is 13.0 Å². The first-order chi connectivity index (χ1) is 19.6. The van der Waals surface area contributed by atoms with Crippen LogP contribution in [0.4, 0.5) is 0 Å². The Kier molecular flexibility index (Phi) is 6.80. The van der Waals surface area contributed by atoms with Crippen molar-refractivity contribution in [3.63, 3.8) is 0 Å². The lowest BCUT2D eigenvalue weighted by Gasteiger charge is -2.61. The van der Waals surface area contributed by atoms with Gasteiger partial charge in [-0.1, -0.05) is 47.3 Å². The molecule has 13 atom stereocenters. The quantitative estimate of drug-likeness (QED) is 0.278. The highest BCUT2D eigenvalue weighted by Gasteiger charge is 2.82. The molecule has 5 fully saturated rings. The molecule has 2 spiro atoms. The Balaban J connectivity index is 1.42. The van der Waals surface area contributed by atoms with Gasteiger partial charge in [0.05, 0.1) is 6.61 Å². The second-order valence-electron chi connectivity index (χ2n) is 15.3. The second-order valence-corrected chi connectivity index (χ2v) is 15.3. The van der Waals surface area contributed by atoms with E-state index in [4.69, 9.17) is 18.9 Å². The number of ketones is 1. The maximum absolute atomic E-state index is 12.7. The van der Waals surface area contributed by atoms with E-state index in [1.165, 1.54) is 13.8 Å². The highest BCUT2D eigenvalue weighted by atomic mass is 16.7. The average molecular weight is 583 g/mol. The Morgan fingerprint density at radius 2 is 1.81 bits per heavy atom. The summed E-state index contributed by atoms with van der Waals surface area (Å²) < 4.78 is 24.7. The van der Waals surface area contributed by atoms with E-state index in [9.17, 15) is 14.4 Å². The normalized spacial score (nSPS) is 50.2. The molecule has 42 heavy (non-hydrogen) atoms. The van der Waals surface area contributed by atoms with Crippen molar-refractivity contribution in [1.29, 1.82) is 0 Å². The number of methoxy groups -OCH3 is 1. The summed E-state index contributed by atoms with van der Waals surface area (Å²) in [6.45, 7) is 18.8. The molecule has 0 aromatic heterocycles. The van der Waals surface area contributed by atoms with E-state index >= 15 is 0 Å². The maximum Gasteiger partial charge on any atom is 0.303 e. The largest absolute Gasteiger partial charge is 0.462 e. The van der Waals surface area contributed by atoms with Crippen molar-refractivity contribution in [2.24, 2.45) is 57.2 Å². The molecule has 6 aliphatic rings. The van der Waals surface area contributed by atoms with Crippen LogP contribution >= 0.6 is 0 Å². The summed E-state index contributed by atoms with van der Waals surface area (Å²) in [5.41, 5.74) is 0.791. The van der Waals surface area contributed by atoms with Gasteiger partial charge in [-0.05, 0) is 83.7 Å². The first kappa shape index (κ1) is 30.1. The van der Waals surface area contributed by atoms with Crippen molar-refractivity contribution in [3.8, 4) is 0 Å². The molecule has 2 unspecified atom stereocenters. The molecule has 5 aliphatic carbocycles. The van der Waals surface area contributed by atoms with Gasteiger partial charge in [-0.2, -0.15) is 0 Å². The summed E-state index contributed by atoms with van der Waals surface area (Å²) in [7, 11) is 1.59. The maximum atomic E-state index is 12.7. The van der Waals surface area contributed by atoms with Gasteiger partial charge in [0, 0.05) is 44.6 Å². The van der Waals surface area contributed by atoms with E-state index in [1.54, 1.807) is 7.11 Å². The number of hydrogen-bond donors (Lipinski definition) is 0. The predicted molar refractivity (Wildman–Crippen MR) is 157 cm³/mol. The van der Waals surface area contributed by atoms with E-state index in [0.29, 0.717) is 18.4 Å². The van der Waals surface area contributed by atoms with Crippen LogP contribution in [-0.4, -0.2) is 49.4 Å². The minimum atomic E-state index is -1.26. The van der Waals surface area contributed by atoms with E-state index in [2.05, 4.69) is 40.3 Å². The van der Waals surface area contributed by atoms with Crippen molar-refractivity contribution in [3.05, 3.63) is 24.3 Å². The molecule has 1 saturated heterocycles. The smallest absolute Gasteiger partial charge is 0.303 e. The number of rotatable bonds is 6. The van der Waals surface area contributed by atoms with Gasteiger partial charge in [0.1, 0.15) is 6.10 Å². The Morgan fingerprint density at radius 3 is 2.40 bits per heavy atom. The molecule has 0 N–H and O–H groups in total. The molecular weight excluding hydrogens is 532 g/mol. The van der Waals surface area contributed by atoms with E-state index < -0.39 is 17.9 Å². The minimum Gasteiger partial charge on any atom is -0.462 e. The lowest BCUT2D eigenvalue weighted by molar-refractivity contribution is -0.256. The number of ether oxygens (including phenoxy) is 4. The fourth-order valence-electron chi connectivity index (χ4n) is 11.9. The van der Waals surface area contributed by atoms with Gasteiger partial charge >= 0.3 is 11.9 Å². The van der Waals surface area contributed by atoms with Crippen molar-refractivity contribution < 1.29 is 33.3 Å².